The summed E-state index contributed by atoms with van der Waals surface area (Å²) < 4.78 is 2.13. The van der Waals surface area contributed by atoms with Gasteiger partial charge in [0, 0.05) is 24.1 Å². The molecule has 0 N–H and O–H groups in total. The molecule has 1 aromatic carbocycles. The van der Waals surface area contributed by atoms with Crippen molar-refractivity contribution in [3.8, 4) is 0 Å². The molecule has 0 amide bonds. The molecule has 0 bridgehead atoms. The van der Waals surface area contributed by atoms with Crippen molar-refractivity contribution in [2.75, 3.05) is 5.33 Å². The van der Waals surface area contributed by atoms with Gasteiger partial charge in [0.05, 0.1) is 0 Å². The van der Waals surface area contributed by atoms with E-state index >= 15 is 0 Å². The molecular formula is C12H12BrN. The zero-order chi connectivity index (χ0) is 10.1. The maximum Gasteiger partial charge on any atom is 0.0483 e. The molecule has 0 saturated carbocycles. The van der Waals surface area contributed by atoms with Gasteiger partial charge in [-0.25, -0.2) is 0 Å². The van der Waals surface area contributed by atoms with Crippen LogP contribution in [0, 0.1) is 0 Å². The summed E-state index contributed by atoms with van der Waals surface area (Å²) in [7, 11) is 2.06. The molecule has 2 aromatic rings. The molecule has 2 heteroatoms. The number of rotatable bonds is 2. The van der Waals surface area contributed by atoms with E-state index in [2.05, 4.69) is 64.6 Å². The van der Waals surface area contributed by atoms with Gasteiger partial charge in [0.15, 0.2) is 0 Å². The summed E-state index contributed by atoms with van der Waals surface area (Å²) in [6, 6.07) is 8.55. The van der Waals surface area contributed by atoms with E-state index in [9.17, 15) is 0 Å². The SMILES string of the molecule is C=C(CBr)c1ccc2ccn(C)c2c1. The summed E-state index contributed by atoms with van der Waals surface area (Å²) in [6.07, 6.45) is 2.07. The van der Waals surface area contributed by atoms with E-state index < -0.39 is 0 Å². The topological polar surface area (TPSA) is 4.93 Å². The van der Waals surface area contributed by atoms with Gasteiger partial charge in [-0.1, -0.05) is 34.6 Å². The Morgan fingerprint density at radius 1 is 1.43 bits per heavy atom. The zero-order valence-corrected chi connectivity index (χ0v) is 9.71. The lowest BCUT2D eigenvalue weighted by atomic mass is 10.1. The Morgan fingerprint density at radius 3 is 2.93 bits per heavy atom. The van der Waals surface area contributed by atoms with Gasteiger partial charge in [0.1, 0.15) is 0 Å². The maximum atomic E-state index is 4.01. The number of aromatic nitrogens is 1. The fourth-order valence-electron chi connectivity index (χ4n) is 1.56. The lowest BCUT2D eigenvalue weighted by Crippen LogP contribution is -1.87. The fraction of sp³-hybridized carbons (Fsp3) is 0.167. The van der Waals surface area contributed by atoms with Crippen LogP contribution in [0.4, 0.5) is 0 Å². The highest BCUT2D eigenvalue weighted by Gasteiger charge is 2.01. The first-order valence-electron chi connectivity index (χ1n) is 4.51. The third kappa shape index (κ3) is 1.50. The van der Waals surface area contributed by atoms with Crippen LogP contribution in [-0.2, 0) is 7.05 Å². The third-order valence-electron chi connectivity index (χ3n) is 2.46. The second kappa shape index (κ2) is 3.62. The van der Waals surface area contributed by atoms with Crippen LogP contribution in [0.3, 0.4) is 0 Å². The van der Waals surface area contributed by atoms with E-state index in [-0.39, 0.29) is 0 Å². The first-order chi connectivity index (χ1) is 6.72. The molecule has 0 fully saturated rings. The molecule has 0 atom stereocenters. The average molecular weight is 250 g/mol. The molecule has 0 unspecified atom stereocenters. The van der Waals surface area contributed by atoms with Crippen LogP contribution in [0.2, 0.25) is 0 Å². The maximum absolute atomic E-state index is 4.01. The quantitative estimate of drug-likeness (QED) is 0.718. The van der Waals surface area contributed by atoms with Gasteiger partial charge in [-0.3, -0.25) is 0 Å². The Kier molecular flexibility index (Phi) is 2.46. The Balaban J connectivity index is 2.60. The number of hydrogen-bond acceptors (Lipinski definition) is 0. The Morgan fingerprint density at radius 2 is 2.21 bits per heavy atom. The first-order valence-corrected chi connectivity index (χ1v) is 5.63. The predicted octanol–water partition coefficient (Wildman–Crippen LogP) is 3.59. The highest BCUT2D eigenvalue weighted by atomic mass is 79.9. The lowest BCUT2D eigenvalue weighted by Gasteiger charge is -2.03. The molecule has 1 nitrogen and oxygen atoms in total. The lowest BCUT2D eigenvalue weighted by molar-refractivity contribution is 0.969. The minimum Gasteiger partial charge on any atom is -0.351 e. The van der Waals surface area contributed by atoms with Crippen molar-refractivity contribution in [3.63, 3.8) is 0 Å². The van der Waals surface area contributed by atoms with Crippen molar-refractivity contribution in [1.29, 1.82) is 0 Å². The molecule has 0 aliphatic rings. The van der Waals surface area contributed by atoms with E-state index in [4.69, 9.17) is 0 Å². The molecule has 0 saturated heterocycles. The monoisotopic (exact) mass is 249 g/mol. The smallest absolute Gasteiger partial charge is 0.0483 e. The summed E-state index contributed by atoms with van der Waals surface area (Å²) in [4.78, 5) is 0. The van der Waals surface area contributed by atoms with Gasteiger partial charge in [-0.15, -0.1) is 0 Å². The molecule has 0 radical (unpaired) electrons. The summed E-state index contributed by atoms with van der Waals surface area (Å²) >= 11 is 3.42. The number of aryl methyl sites for hydroxylation is 1. The van der Waals surface area contributed by atoms with Gasteiger partial charge < -0.3 is 4.57 Å². The van der Waals surface area contributed by atoms with Crippen molar-refractivity contribution >= 4 is 32.4 Å². The van der Waals surface area contributed by atoms with Crippen LogP contribution in [0.1, 0.15) is 5.56 Å². The molecule has 72 valence electrons. The Hall–Kier alpha value is -1.02. The number of benzene rings is 1. The highest BCUT2D eigenvalue weighted by molar-refractivity contribution is 9.09. The Bertz CT molecular complexity index is 482. The van der Waals surface area contributed by atoms with Crippen LogP contribution in [0.5, 0.6) is 0 Å². The van der Waals surface area contributed by atoms with E-state index in [0.717, 1.165) is 10.9 Å². The van der Waals surface area contributed by atoms with Crippen molar-refractivity contribution in [2.45, 2.75) is 0 Å². The molecule has 0 aliphatic carbocycles. The predicted molar refractivity (Wildman–Crippen MR) is 65.7 cm³/mol. The fourth-order valence-corrected chi connectivity index (χ4v) is 1.88. The summed E-state index contributed by atoms with van der Waals surface area (Å²) in [5.74, 6) is 0. The second-order valence-electron chi connectivity index (χ2n) is 3.44. The molecule has 0 aliphatic heterocycles. The molecule has 2 rings (SSSR count). The molecular weight excluding hydrogens is 238 g/mol. The average Bonchev–Trinajstić information content (AvgIpc) is 2.59. The van der Waals surface area contributed by atoms with Crippen LogP contribution in [-0.4, -0.2) is 9.90 Å². The second-order valence-corrected chi connectivity index (χ2v) is 4.00. The number of allylic oxidation sites excluding steroid dienone is 1. The van der Waals surface area contributed by atoms with Crippen LogP contribution < -0.4 is 0 Å². The number of nitrogens with zero attached hydrogens (tertiary/aromatic N) is 1. The van der Waals surface area contributed by atoms with Crippen molar-refractivity contribution < 1.29 is 0 Å². The number of fused-ring (bicyclic) bond motifs is 1. The van der Waals surface area contributed by atoms with E-state index in [0.29, 0.717) is 0 Å². The van der Waals surface area contributed by atoms with E-state index in [1.54, 1.807) is 0 Å². The van der Waals surface area contributed by atoms with Gasteiger partial charge in [0.25, 0.3) is 0 Å². The third-order valence-corrected chi connectivity index (χ3v) is 3.13. The van der Waals surface area contributed by atoms with Gasteiger partial charge in [-0.05, 0) is 28.7 Å². The van der Waals surface area contributed by atoms with Crippen LogP contribution in [0.15, 0.2) is 37.0 Å². The molecule has 1 heterocycles. The van der Waals surface area contributed by atoms with Crippen molar-refractivity contribution in [2.24, 2.45) is 7.05 Å². The number of halogens is 1. The van der Waals surface area contributed by atoms with E-state index in [1.165, 1.54) is 16.5 Å². The first kappa shape index (κ1) is 9.53. The Labute approximate surface area is 92.2 Å². The standard InChI is InChI=1S/C12H12BrN/c1-9(8-13)11-4-3-10-5-6-14(2)12(10)7-11/h3-7H,1,8H2,2H3. The highest BCUT2D eigenvalue weighted by Crippen LogP contribution is 2.21. The van der Waals surface area contributed by atoms with Gasteiger partial charge >= 0.3 is 0 Å². The van der Waals surface area contributed by atoms with Crippen molar-refractivity contribution in [1.82, 2.24) is 4.57 Å². The largest absolute Gasteiger partial charge is 0.351 e. The minimum atomic E-state index is 0.822. The molecule has 1 aromatic heterocycles. The van der Waals surface area contributed by atoms with Crippen LogP contribution in [0.25, 0.3) is 16.5 Å². The minimum absolute atomic E-state index is 0.822. The zero-order valence-electron chi connectivity index (χ0n) is 8.13. The van der Waals surface area contributed by atoms with Crippen molar-refractivity contribution in [3.05, 3.63) is 42.6 Å². The number of alkyl halides is 1. The van der Waals surface area contributed by atoms with E-state index in [1.807, 2.05) is 0 Å². The summed E-state index contributed by atoms with van der Waals surface area (Å²) in [6.45, 7) is 4.01. The summed E-state index contributed by atoms with van der Waals surface area (Å²) in [5.41, 5.74) is 3.58. The normalized spacial score (nSPS) is 10.7. The number of hydrogen-bond donors (Lipinski definition) is 0. The molecule has 14 heavy (non-hydrogen) atoms. The van der Waals surface area contributed by atoms with Crippen LogP contribution >= 0.6 is 15.9 Å². The van der Waals surface area contributed by atoms with Gasteiger partial charge in [0.2, 0.25) is 0 Å². The van der Waals surface area contributed by atoms with Gasteiger partial charge in [-0.2, -0.15) is 0 Å². The molecule has 0 spiro atoms. The summed E-state index contributed by atoms with van der Waals surface area (Å²) in [5, 5.41) is 2.10.